The second-order valence-corrected chi connectivity index (χ2v) is 6.41. The van der Waals surface area contributed by atoms with Gasteiger partial charge in [-0.2, -0.15) is 0 Å². The minimum Gasteiger partial charge on any atom is -0.378 e. The molecule has 5 nitrogen and oxygen atoms in total. The molecule has 1 aliphatic heterocycles. The average Bonchev–Trinajstić information content (AvgIpc) is 2.87. The number of carbonyl (C=O) groups excluding carboxylic acids is 1. The van der Waals surface area contributed by atoms with Crippen LogP contribution in [-0.2, 0) is 11.3 Å². The monoisotopic (exact) mass is 297 g/mol. The number of piperidine rings is 1. The Morgan fingerprint density at radius 1 is 1.55 bits per heavy atom. The zero-order valence-corrected chi connectivity index (χ0v) is 13.3. The molecule has 0 aliphatic carbocycles. The Labute approximate surface area is 124 Å². The normalized spacial score (nSPS) is 19.6. The summed E-state index contributed by atoms with van der Waals surface area (Å²) < 4.78 is 5.06. The van der Waals surface area contributed by atoms with Crippen LogP contribution in [0.15, 0.2) is 5.38 Å². The van der Waals surface area contributed by atoms with E-state index in [1.165, 1.54) is 17.8 Å². The summed E-state index contributed by atoms with van der Waals surface area (Å²) in [7, 11) is 5.74. The second-order valence-electron chi connectivity index (χ2n) is 5.47. The molecule has 6 heteroatoms. The van der Waals surface area contributed by atoms with Crippen molar-refractivity contribution in [1.29, 1.82) is 0 Å². The molecule has 0 saturated carbocycles. The smallest absolute Gasteiger partial charge is 0.273 e. The molecule has 0 spiro atoms. The van der Waals surface area contributed by atoms with E-state index in [1.54, 1.807) is 7.11 Å². The van der Waals surface area contributed by atoms with Crippen LogP contribution in [0.3, 0.4) is 0 Å². The van der Waals surface area contributed by atoms with E-state index in [4.69, 9.17) is 4.74 Å². The Kier molecular flexibility index (Phi) is 5.51. The van der Waals surface area contributed by atoms with Gasteiger partial charge in [0.25, 0.3) is 5.91 Å². The SMILES string of the molecule is COCc1nc(C(=O)N2CCCCC2CN(C)C)cs1. The number of hydrogen-bond acceptors (Lipinski definition) is 5. The van der Waals surface area contributed by atoms with Crippen LogP contribution in [0.2, 0.25) is 0 Å². The number of hydrogen-bond donors (Lipinski definition) is 0. The molecular weight excluding hydrogens is 274 g/mol. The van der Waals surface area contributed by atoms with Crippen molar-refractivity contribution in [3.8, 4) is 0 Å². The van der Waals surface area contributed by atoms with Gasteiger partial charge in [0.05, 0.1) is 6.61 Å². The van der Waals surface area contributed by atoms with Gasteiger partial charge in [-0.1, -0.05) is 0 Å². The zero-order chi connectivity index (χ0) is 14.5. The number of amides is 1. The number of aromatic nitrogens is 1. The maximum Gasteiger partial charge on any atom is 0.273 e. The van der Waals surface area contributed by atoms with Crippen molar-refractivity contribution in [3.05, 3.63) is 16.1 Å². The largest absolute Gasteiger partial charge is 0.378 e. The highest BCUT2D eigenvalue weighted by atomic mass is 32.1. The van der Waals surface area contributed by atoms with Crippen LogP contribution >= 0.6 is 11.3 Å². The standard InChI is InChI=1S/C14H23N3O2S/c1-16(2)8-11-6-4-5-7-17(11)14(18)12-10-20-13(15-12)9-19-3/h10-11H,4-9H2,1-3H3. The fraction of sp³-hybridized carbons (Fsp3) is 0.714. The summed E-state index contributed by atoms with van der Waals surface area (Å²) in [5.74, 6) is 0.0650. The molecule has 20 heavy (non-hydrogen) atoms. The van der Waals surface area contributed by atoms with Crippen LogP contribution in [0.1, 0.15) is 34.8 Å². The van der Waals surface area contributed by atoms with E-state index < -0.39 is 0 Å². The number of nitrogens with zero attached hydrogens (tertiary/aromatic N) is 3. The third kappa shape index (κ3) is 3.77. The van der Waals surface area contributed by atoms with Crippen LogP contribution in [-0.4, -0.2) is 61.0 Å². The lowest BCUT2D eigenvalue weighted by Gasteiger charge is -2.36. The summed E-state index contributed by atoms with van der Waals surface area (Å²) in [6.45, 7) is 2.23. The first-order chi connectivity index (χ1) is 9.61. The molecule has 2 rings (SSSR count). The highest BCUT2D eigenvalue weighted by molar-refractivity contribution is 7.09. The van der Waals surface area contributed by atoms with E-state index in [-0.39, 0.29) is 5.91 Å². The number of ether oxygens (including phenoxy) is 1. The zero-order valence-electron chi connectivity index (χ0n) is 12.5. The molecule has 1 aromatic heterocycles. The van der Waals surface area contributed by atoms with E-state index in [1.807, 2.05) is 10.3 Å². The molecule has 1 amide bonds. The Morgan fingerprint density at radius 3 is 3.05 bits per heavy atom. The molecule has 1 atom stereocenters. The molecule has 0 bridgehead atoms. The average molecular weight is 297 g/mol. The van der Waals surface area contributed by atoms with Gasteiger partial charge >= 0.3 is 0 Å². The topological polar surface area (TPSA) is 45.7 Å². The van der Waals surface area contributed by atoms with Gasteiger partial charge in [-0.3, -0.25) is 4.79 Å². The van der Waals surface area contributed by atoms with Crippen LogP contribution in [0, 0.1) is 0 Å². The summed E-state index contributed by atoms with van der Waals surface area (Å²) >= 11 is 1.49. The minimum atomic E-state index is 0.0650. The third-order valence-electron chi connectivity index (χ3n) is 3.50. The van der Waals surface area contributed by atoms with Crippen molar-refractivity contribution in [1.82, 2.24) is 14.8 Å². The highest BCUT2D eigenvalue weighted by Gasteiger charge is 2.29. The number of carbonyl (C=O) groups is 1. The predicted octanol–water partition coefficient (Wildman–Crippen LogP) is 1.85. The van der Waals surface area contributed by atoms with E-state index >= 15 is 0 Å². The number of methoxy groups -OCH3 is 1. The van der Waals surface area contributed by atoms with Crippen molar-refractivity contribution in [3.63, 3.8) is 0 Å². The Morgan fingerprint density at radius 2 is 2.35 bits per heavy atom. The number of likely N-dealkylation sites (tertiary alicyclic amines) is 1. The van der Waals surface area contributed by atoms with Gasteiger partial charge in [-0.15, -0.1) is 11.3 Å². The van der Waals surface area contributed by atoms with E-state index in [2.05, 4.69) is 24.0 Å². The van der Waals surface area contributed by atoms with Gasteiger partial charge in [-0.25, -0.2) is 4.98 Å². The third-order valence-corrected chi connectivity index (χ3v) is 4.32. The molecule has 112 valence electrons. The maximum absolute atomic E-state index is 12.6. The molecule has 0 radical (unpaired) electrons. The predicted molar refractivity (Wildman–Crippen MR) is 80.1 cm³/mol. The van der Waals surface area contributed by atoms with Gasteiger partial charge in [0.1, 0.15) is 10.7 Å². The molecule has 2 heterocycles. The minimum absolute atomic E-state index is 0.0650. The van der Waals surface area contributed by atoms with Crippen LogP contribution in [0.4, 0.5) is 0 Å². The fourth-order valence-electron chi connectivity index (χ4n) is 2.63. The summed E-state index contributed by atoms with van der Waals surface area (Å²) in [5, 5.41) is 2.70. The summed E-state index contributed by atoms with van der Waals surface area (Å²) in [4.78, 5) is 21.1. The molecule has 1 saturated heterocycles. The number of likely N-dealkylation sites (N-methyl/N-ethyl adjacent to an activating group) is 1. The number of thiazole rings is 1. The van der Waals surface area contributed by atoms with Gasteiger partial charge in [0.2, 0.25) is 0 Å². The lowest BCUT2D eigenvalue weighted by Crippen LogP contribution is -2.48. The van der Waals surface area contributed by atoms with Crippen molar-refractivity contribution in [2.45, 2.75) is 31.9 Å². The molecular formula is C14H23N3O2S. The lowest BCUT2D eigenvalue weighted by molar-refractivity contribution is 0.0569. The van der Waals surface area contributed by atoms with Gasteiger partial charge in [0.15, 0.2) is 0 Å². The van der Waals surface area contributed by atoms with Crippen molar-refractivity contribution in [2.75, 3.05) is 34.3 Å². The maximum atomic E-state index is 12.6. The van der Waals surface area contributed by atoms with Crippen LogP contribution in [0.25, 0.3) is 0 Å². The first-order valence-electron chi connectivity index (χ1n) is 7.01. The molecule has 1 fully saturated rings. The second kappa shape index (κ2) is 7.15. The van der Waals surface area contributed by atoms with Gasteiger partial charge in [-0.05, 0) is 33.4 Å². The summed E-state index contributed by atoms with van der Waals surface area (Å²) in [6.07, 6.45) is 3.37. The molecule has 1 unspecified atom stereocenters. The molecule has 1 aromatic rings. The Hall–Kier alpha value is -0.980. The van der Waals surface area contributed by atoms with E-state index in [0.29, 0.717) is 18.3 Å². The van der Waals surface area contributed by atoms with Gasteiger partial charge < -0.3 is 14.5 Å². The Balaban J connectivity index is 2.07. The van der Waals surface area contributed by atoms with Crippen molar-refractivity contribution >= 4 is 17.2 Å². The van der Waals surface area contributed by atoms with Gasteiger partial charge in [0, 0.05) is 31.6 Å². The molecule has 0 N–H and O–H groups in total. The molecule has 0 aromatic carbocycles. The van der Waals surface area contributed by atoms with Crippen LogP contribution < -0.4 is 0 Å². The summed E-state index contributed by atoms with van der Waals surface area (Å²) in [5.41, 5.74) is 0.563. The van der Waals surface area contributed by atoms with Crippen molar-refractivity contribution < 1.29 is 9.53 Å². The van der Waals surface area contributed by atoms with Crippen molar-refractivity contribution in [2.24, 2.45) is 0 Å². The first kappa shape index (κ1) is 15.4. The lowest BCUT2D eigenvalue weighted by atomic mass is 10.0. The molecule has 1 aliphatic rings. The van der Waals surface area contributed by atoms with Crippen LogP contribution in [0.5, 0.6) is 0 Å². The van der Waals surface area contributed by atoms with E-state index in [0.717, 1.165) is 30.9 Å². The summed E-state index contributed by atoms with van der Waals surface area (Å²) in [6, 6.07) is 0.304. The highest BCUT2D eigenvalue weighted by Crippen LogP contribution is 2.21. The first-order valence-corrected chi connectivity index (χ1v) is 7.89. The Bertz CT molecular complexity index is 447. The fourth-order valence-corrected chi connectivity index (χ4v) is 3.36. The quantitative estimate of drug-likeness (QED) is 0.832. The number of rotatable bonds is 5. The van der Waals surface area contributed by atoms with E-state index in [9.17, 15) is 4.79 Å².